The smallest absolute Gasteiger partial charge is 0.309 e. The Morgan fingerprint density at radius 3 is 2.12 bits per heavy atom. The SMILES string of the molecule is C#CCC(C)C(=O)OCc1cnc(C)c(O)c1COC(=O)C(C)CC#C. The highest BCUT2D eigenvalue weighted by Gasteiger charge is 2.19. The summed E-state index contributed by atoms with van der Waals surface area (Å²) in [4.78, 5) is 27.9. The van der Waals surface area contributed by atoms with Crippen molar-refractivity contribution < 1.29 is 24.2 Å². The number of rotatable bonds is 8. The Morgan fingerprint density at radius 2 is 1.62 bits per heavy atom. The van der Waals surface area contributed by atoms with E-state index in [1.54, 1.807) is 20.8 Å². The van der Waals surface area contributed by atoms with Gasteiger partial charge in [-0.05, 0) is 6.92 Å². The van der Waals surface area contributed by atoms with E-state index < -0.39 is 23.8 Å². The highest BCUT2D eigenvalue weighted by atomic mass is 16.5. The van der Waals surface area contributed by atoms with Crippen molar-refractivity contribution in [2.75, 3.05) is 0 Å². The Kier molecular flexibility index (Phi) is 8.18. The molecule has 0 amide bonds. The number of esters is 2. The lowest BCUT2D eigenvalue weighted by atomic mass is 10.1. The second-order valence-corrected chi connectivity index (χ2v) is 6.03. The average Bonchev–Trinajstić information content (AvgIpc) is 2.61. The minimum atomic E-state index is -0.470. The third-order valence-corrected chi connectivity index (χ3v) is 3.81. The van der Waals surface area contributed by atoms with Gasteiger partial charge in [-0.3, -0.25) is 14.6 Å². The Morgan fingerprint density at radius 1 is 1.12 bits per heavy atom. The Bertz CT molecular complexity index is 742. The highest BCUT2D eigenvalue weighted by molar-refractivity contribution is 5.73. The van der Waals surface area contributed by atoms with Gasteiger partial charge in [-0.15, -0.1) is 24.7 Å². The summed E-state index contributed by atoms with van der Waals surface area (Å²) in [6.07, 6.45) is 12.4. The van der Waals surface area contributed by atoms with E-state index in [9.17, 15) is 14.7 Å². The Hall–Kier alpha value is -2.99. The van der Waals surface area contributed by atoms with Gasteiger partial charge in [0.1, 0.15) is 19.0 Å². The first-order valence-corrected chi connectivity index (χ1v) is 8.18. The maximum absolute atomic E-state index is 11.9. The molecule has 0 radical (unpaired) electrons. The van der Waals surface area contributed by atoms with Gasteiger partial charge in [0.05, 0.1) is 17.5 Å². The van der Waals surface area contributed by atoms with Crippen molar-refractivity contribution in [1.82, 2.24) is 4.98 Å². The molecule has 1 heterocycles. The zero-order valence-electron chi connectivity index (χ0n) is 15.2. The van der Waals surface area contributed by atoms with Crippen molar-refractivity contribution >= 4 is 11.9 Å². The van der Waals surface area contributed by atoms with Gasteiger partial charge < -0.3 is 14.6 Å². The van der Waals surface area contributed by atoms with Crippen molar-refractivity contribution in [3.05, 3.63) is 23.0 Å². The van der Waals surface area contributed by atoms with Crippen molar-refractivity contribution in [1.29, 1.82) is 0 Å². The molecule has 138 valence electrons. The molecule has 0 aliphatic rings. The van der Waals surface area contributed by atoms with Crippen molar-refractivity contribution in [2.24, 2.45) is 11.8 Å². The number of hydrogen-bond acceptors (Lipinski definition) is 6. The number of carbonyl (C=O) groups is 2. The number of nitrogens with zero attached hydrogens (tertiary/aromatic N) is 1. The fraction of sp³-hybridized carbons (Fsp3) is 0.450. The Balaban J connectivity index is 2.86. The molecule has 6 heteroatoms. The fourth-order valence-corrected chi connectivity index (χ4v) is 2.07. The minimum Gasteiger partial charge on any atom is -0.506 e. The molecule has 26 heavy (non-hydrogen) atoms. The number of hydrogen-bond donors (Lipinski definition) is 1. The zero-order valence-corrected chi connectivity index (χ0v) is 15.2. The summed E-state index contributed by atoms with van der Waals surface area (Å²) in [5, 5.41) is 10.2. The number of terminal acetylenes is 2. The number of ether oxygens (including phenoxy) is 2. The molecule has 6 nitrogen and oxygen atoms in total. The average molecular weight is 357 g/mol. The van der Waals surface area contributed by atoms with Gasteiger partial charge in [-0.1, -0.05) is 13.8 Å². The summed E-state index contributed by atoms with van der Waals surface area (Å²) in [5.74, 6) is 2.90. The second-order valence-electron chi connectivity index (χ2n) is 6.03. The standard InChI is InChI=1S/C20H23NO5/c1-6-8-13(3)19(23)25-11-16-10-21-15(5)18(22)17(16)12-26-20(24)14(4)9-7-2/h1-2,10,13-14,22H,8-9,11-12H2,3-5H3. The molecular formula is C20H23NO5. The van der Waals surface area contributed by atoms with E-state index in [1.807, 2.05) is 0 Å². The van der Waals surface area contributed by atoms with Crippen molar-refractivity contribution in [2.45, 2.75) is 46.8 Å². The highest BCUT2D eigenvalue weighted by Crippen LogP contribution is 2.26. The van der Waals surface area contributed by atoms with Gasteiger partial charge in [0, 0.05) is 30.2 Å². The van der Waals surface area contributed by atoms with E-state index in [4.69, 9.17) is 22.3 Å². The monoisotopic (exact) mass is 357 g/mol. The molecule has 0 spiro atoms. The predicted octanol–water partition coefficient (Wildman–Crippen LogP) is 2.50. The molecule has 0 fully saturated rings. The van der Waals surface area contributed by atoms with E-state index >= 15 is 0 Å². The quantitative estimate of drug-likeness (QED) is 0.568. The van der Waals surface area contributed by atoms with Crippen LogP contribution >= 0.6 is 0 Å². The van der Waals surface area contributed by atoms with E-state index in [1.165, 1.54) is 6.20 Å². The van der Waals surface area contributed by atoms with Crippen LogP contribution in [0.1, 0.15) is 43.5 Å². The van der Waals surface area contributed by atoms with Crippen LogP contribution in [0.15, 0.2) is 6.20 Å². The van der Waals surface area contributed by atoms with Gasteiger partial charge in [0.2, 0.25) is 0 Å². The lowest BCUT2D eigenvalue weighted by Gasteiger charge is -2.15. The number of pyridine rings is 1. The van der Waals surface area contributed by atoms with Gasteiger partial charge in [-0.2, -0.15) is 0 Å². The summed E-state index contributed by atoms with van der Waals surface area (Å²) < 4.78 is 10.4. The lowest BCUT2D eigenvalue weighted by Crippen LogP contribution is -2.17. The number of carbonyl (C=O) groups excluding carboxylic acids is 2. The maximum atomic E-state index is 11.9. The van der Waals surface area contributed by atoms with Crippen LogP contribution in [-0.4, -0.2) is 22.0 Å². The number of aromatic hydroxyl groups is 1. The topological polar surface area (TPSA) is 85.7 Å². The van der Waals surface area contributed by atoms with Crippen molar-refractivity contribution in [3.8, 4) is 30.4 Å². The van der Waals surface area contributed by atoms with Crippen LogP contribution < -0.4 is 0 Å². The van der Waals surface area contributed by atoms with Gasteiger partial charge in [0.15, 0.2) is 0 Å². The number of aromatic nitrogens is 1. The zero-order chi connectivity index (χ0) is 19.7. The summed E-state index contributed by atoms with van der Waals surface area (Å²) in [5.41, 5.74) is 1.17. The van der Waals surface area contributed by atoms with Crippen LogP contribution in [0, 0.1) is 43.4 Å². The summed E-state index contributed by atoms with van der Waals surface area (Å²) in [6, 6.07) is 0. The largest absolute Gasteiger partial charge is 0.506 e. The molecule has 0 aliphatic carbocycles. The molecule has 2 unspecified atom stereocenters. The molecule has 1 aromatic rings. The molecule has 1 N–H and O–H groups in total. The molecule has 0 saturated carbocycles. The third-order valence-electron chi connectivity index (χ3n) is 3.81. The lowest BCUT2D eigenvalue weighted by molar-refractivity contribution is -0.150. The van der Waals surface area contributed by atoms with Gasteiger partial charge in [0.25, 0.3) is 0 Å². The molecule has 1 aromatic heterocycles. The van der Waals surface area contributed by atoms with Crippen LogP contribution in [0.25, 0.3) is 0 Å². The first-order valence-electron chi connectivity index (χ1n) is 8.18. The molecule has 0 aromatic carbocycles. The van der Waals surface area contributed by atoms with Crippen LogP contribution in [0.4, 0.5) is 0 Å². The van der Waals surface area contributed by atoms with E-state index in [0.717, 1.165) is 0 Å². The molecule has 0 saturated heterocycles. The number of aryl methyl sites for hydroxylation is 1. The van der Waals surface area contributed by atoms with E-state index in [-0.39, 0.29) is 31.8 Å². The van der Waals surface area contributed by atoms with Crippen LogP contribution in [0.2, 0.25) is 0 Å². The van der Waals surface area contributed by atoms with E-state index in [0.29, 0.717) is 16.8 Å². The van der Waals surface area contributed by atoms with Gasteiger partial charge in [-0.25, -0.2) is 0 Å². The molecule has 1 rings (SSSR count). The predicted molar refractivity (Wildman–Crippen MR) is 95.5 cm³/mol. The molecular weight excluding hydrogens is 334 g/mol. The third kappa shape index (κ3) is 5.82. The van der Waals surface area contributed by atoms with Crippen molar-refractivity contribution in [3.63, 3.8) is 0 Å². The second kappa shape index (κ2) is 10.1. The van der Waals surface area contributed by atoms with Crippen LogP contribution in [0.3, 0.4) is 0 Å². The summed E-state index contributed by atoms with van der Waals surface area (Å²) in [6.45, 7) is 4.67. The molecule has 2 atom stereocenters. The first-order chi connectivity index (χ1) is 12.3. The minimum absolute atomic E-state index is 0.104. The molecule has 0 bridgehead atoms. The van der Waals surface area contributed by atoms with Crippen LogP contribution in [-0.2, 0) is 32.3 Å². The molecule has 0 aliphatic heterocycles. The maximum Gasteiger partial charge on any atom is 0.309 e. The normalized spacial score (nSPS) is 12.3. The summed E-state index contributed by atoms with van der Waals surface area (Å²) >= 11 is 0. The Labute approximate surface area is 153 Å². The summed E-state index contributed by atoms with van der Waals surface area (Å²) in [7, 11) is 0. The van der Waals surface area contributed by atoms with Crippen LogP contribution in [0.5, 0.6) is 5.75 Å². The van der Waals surface area contributed by atoms with E-state index in [2.05, 4.69) is 16.8 Å². The first kappa shape index (κ1) is 21.1. The van der Waals surface area contributed by atoms with Gasteiger partial charge >= 0.3 is 11.9 Å². The fourth-order valence-electron chi connectivity index (χ4n) is 2.07.